The summed E-state index contributed by atoms with van der Waals surface area (Å²) in [7, 11) is -1.67. The summed E-state index contributed by atoms with van der Waals surface area (Å²) < 4.78 is 33.0. The van der Waals surface area contributed by atoms with Crippen LogP contribution in [0, 0.1) is 0 Å². The van der Waals surface area contributed by atoms with E-state index in [0.29, 0.717) is 35.7 Å². The van der Waals surface area contributed by atoms with Crippen LogP contribution in [-0.4, -0.2) is 45.6 Å². The third-order valence-corrected chi connectivity index (χ3v) is 6.28. The lowest BCUT2D eigenvalue weighted by Gasteiger charge is -2.32. The van der Waals surface area contributed by atoms with Crippen LogP contribution in [-0.2, 0) is 21.3 Å². The molecule has 1 aromatic carbocycles. The number of ether oxygens (including phenoxy) is 1. The smallest absolute Gasteiger partial charge is 0.244 e. The van der Waals surface area contributed by atoms with E-state index in [1.807, 2.05) is 20.0 Å². The fourth-order valence-corrected chi connectivity index (χ4v) is 4.83. The summed E-state index contributed by atoms with van der Waals surface area (Å²) >= 11 is 3.35. The molecule has 1 atom stereocenters. The van der Waals surface area contributed by atoms with Gasteiger partial charge in [-0.25, -0.2) is 8.42 Å². The number of hydrogen-bond donors (Lipinski definition) is 1. The molecule has 0 aliphatic carbocycles. The van der Waals surface area contributed by atoms with Crippen LogP contribution in [0.5, 0.6) is 0 Å². The summed E-state index contributed by atoms with van der Waals surface area (Å²) in [6.07, 6.45) is 0. The summed E-state index contributed by atoms with van der Waals surface area (Å²) in [6, 6.07) is 5.26. The zero-order chi connectivity index (χ0) is 14.8. The van der Waals surface area contributed by atoms with Gasteiger partial charge in [0.1, 0.15) is 0 Å². The molecule has 7 heteroatoms. The Morgan fingerprint density at radius 3 is 2.90 bits per heavy atom. The highest BCUT2D eigenvalue weighted by molar-refractivity contribution is 9.10. The molecule has 1 aliphatic rings. The zero-order valence-electron chi connectivity index (χ0n) is 11.6. The van der Waals surface area contributed by atoms with E-state index in [1.54, 1.807) is 12.1 Å². The van der Waals surface area contributed by atoms with Gasteiger partial charge in [0.2, 0.25) is 10.0 Å². The quantitative estimate of drug-likeness (QED) is 0.883. The summed E-state index contributed by atoms with van der Waals surface area (Å²) in [4.78, 5) is 0.319. The fourth-order valence-electron chi connectivity index (χ4n) is 2.25. The van der Waals surface area contributed by atoms with Crippen LogP contribution < -0.4 is 5.32 Å². The van der Waals surface area contributed by atoms with Crippen molar-refractivity contribution in [2.24, 2.45) is 0 Å². The maximum Gasteiger partial charge on any atom is 0.244 e. The van der Waals surface area contributed by atoms with Crippen molar-refractivity contribution in [1.82, 2.24) is 9.62 Å². The first-order valence-electron chi connectivity index (χ1n) is 6.49. The Balaban J connectivity index is 2.40. The minimum Gasteiger partial charge on any atom is -0.378 e. The van der Waals surface area contributed by atoms with Crippen LogP contribution in [0.4, 0.5) is 0 Å². The summed E-state index contributed by atoms with van der Waals surface area (Å²) in [5.74, 6) is 0. The average molecular weight is 363 g/mol. The molecule has 0 spiro atoms. The third kappa shape index (κ3) is 3.23. The van der Waals surface area contributed by atoms with Crippen molar-refractivity contribution in [2.45, 2.75) is 24.4 Å². The number of halogens is 1. The third-order valence-electron chi connectivity index (χ3n) is 3.27. The Morgan fingerprint density at radius 1 is 1.50 bits per heavy atom. The number of nitrogens with one attached hydrogen (secondary N) is 1. The normalized spacial score (nSPS) is 21.1. The van der Waals surface area contributed by atoms with Gasteiger partial charge in [0, 0.05) is 23.6 Å². The molecule has 0 amide bonds. The average Bonchev–Trinajstić information content (AvgIpc) is 2.41. The van der Waals surface area contributed by atoms with Crippen molar-refractivity contribution in [3.8, 4) is 0 Å². The van der Waals surface area contributed by atoms with E-state index in [-0.39, 0.29) is 6.04 Å². The molecule has 0 bridgehead atoms. The second kappa shape index (κ2) is 6.53. The molecule has 112 valence electrons. The number of rotatable bonds is 4. The maximum atomic E-state index is 12.8. The standard InChI is InChI=1S/C13H19BrN2O3S/c1-10-9-19-6-5-16(10)20(17,18)13-7-11(8-15-2)3-4-12(13)14/h3-4,7,10,15H,5-6,8-9H2,1-2H3. The molecule has 1 aromatic rings. The highest BCUT2D eigenvalue weighted by Crippen LogP contribution is 2.28. The van der Waals surface area contributed by atoms with Gasteiger partial charge >= 0.3 is 0 Å². The van der Waals surface area contributed by atoms with Crippen LogP contribution in [0.2, 0.25) is 0 Å². The van der Waals surface area contributed by atoms with E-state index in [0.717, 1.165) is 5.56 Å². The second-order valence-corrected chi connectivity index (χ2v) is 7.55. The number of morpholine rings is 1. The van der Waals surface area contributed by atoms with Gasteiger partial charge in [0.15, 0.2) is 0 Å². The van der Waals surface area contributed by atoms with E-state index >= 15 is 0 Å². The SMILES string of the molecule is CNCc1ccc(Br)c(S(=O)(=O)N2CCOCC2C)c1. The van der Waals surface area contributed by atoms with Crippen molar-refractivity contribution in [3.05, 3.63) is 28.2 Å². The Morgan fingerprint density at radius 2 is 2.25 bits per heavy atom. The van der Waals surface area contributed by atoms with Crippen molar-refractivity contribution >= 4 is 26.0 Å². The summed E-state index contributed by atoms with van der Waals surface area (Å²) in [6.45, 7) is 3.77. The molecule has 1 fully saturated rings. The molecule has 1 heterocycles. The minimum atomic E-state index is -3.50. The molecular weight excluding hydrogens is 344 g/mol. The molecule has 1 aliphatic heterocycles. The number of benzene rings is 1. The van der Waals surface area contributed by atoms with E-state index in [1.165, 1.54) is 4.31 Å². The second-order valence-electron chi connectivity index (χ2n) is 4.83. The number of hydrogen-bond acceptors (Lipinski definition) is 4. The van der Waals surface area contributed by atoms with Crippen molar-refractivity contribution in [3.63, 3.8) is 0 Å². The zero-order valence-corrected chi connectivity index (χ0v) is 14.0. The molecule has 0 aromatic heterocycles. The predicted octanol–water partition coefficient (Wildman–Crippen LogP) is 1.58. The predicted molar refractivity (Wildman–Crippen MR) is 81.1 cm³/mol. The molecule has 1 saturated heterocycles. The lowest BCUT2D eigenvalue weighted by atomic mass is 10.2. The first-order valence-corrected chi connectivity index (χ1v) is 8.72. The molecule has 20 heavy (non-hydrogen) atoms. The summed E-state index contributed by atoms with van der Waals surface area (Å²) in [5, 5.41) is 3.03. The van der Waals surface area contributed by atoms with Crippen LogP contribution in [0.1, 0.15) is 12.5 Å². The van der Waals surface area contributed by atoms with Gasteiger partial charge in [-0.2, -0.15) is 4.31 Å². The van der Waals surface area contributed by atoms with E-state index in [9.17, 15) is 8.42 Å². The number of nitrogens with zero attached hydrogens (tertiary/aromatic N) is 1. The molecule has 1 N–H and O–H groups in total. The largest absolute Gasteiger partial charge is 0.378 e. The monoisotopic (exact) mass is 362 g/mol. The van der Waals surface area contributed by atoms with Crippen LogP contribution >= 0.6 is 15.9 Å². The molecule has 0 radical (unpaired) electrons. The van der Waals surface area contributed by atoms with Gasteiger partial charge in [-0.15, -0.1) is 0 Å². The lowest BCUT2D eigenvalue weighted by Crippen LogP contribution is -2.47. The Hall–Kier alpha value is -0.470. The highest BCUT2D eigenvalue weighted by atomic mass is 79.9. The molecular formula is C13H19BrN2O3S. The van der Waals surface area contributed by atoms with Crippen LogP contribution in [0.3, 0.4) is 0 Å². The molecule has 1 unspecified atom stereocenters. The van der Waals surface area contributed by atoms with Gasteiger partial charge in [-0.3, -0.25) is 0 Å². The van der Waals surface area contributed by atoms with Gasteiger partial charge in [0.05, 0.1) is 18.1 Å². The first-order chi connectivity index (χ1) is 9.46. The van der Waals surface area contributed by atoms with E-state index < -0.39 is 10.0 Å². The van der Waals surface area contributed by atoms with Gasteiger partial charge < -0.3 is 10.1 Å². The lowest BCUT2D eigenvalue weighted by molar-refractivity contribution is 0.0392. The highest BCUT2D eigenvalue weighted by Gasteiger charge is 2.32. The van der Waals surface area contributed by atoms with Crippen LogP contribution in [0.25, 0.3) is 0 Å². The number of sulfonamides is 1. The van der Waals surface area contributed by atoms with Crippen molar-refractivity contribution in [1.29, 1.82) is 0 Å². The molecule has 0 saturated carbocycles. The first kappa shape index (κ1) is 15.9. The topological polar surface area (TPSA) is 58.6 Å². The Labute approximate surface area is 128 Å². The fraction of sp³-hybridized carbons (Fsp3) is 0.538. The minimum absolute atomic E-state index is 0.145. The maximum absolute atomic E-state index is 12.8. The van der Waals surface area contributed by atoms with Gasteiger partial charge in [-0.05, 0) is 47.6 Å². The molecule has 5 nitrogen and oxygen atoms in total. The van der Waals surface area contributed by atoms with Gasteiger partial charge in [0.25, 0.3) is 0 Å². The van der Waals surface area contributed by atoms with E-state index in [4.69, 9.17) is 4.74 Å². The summed E-state index contributed by atoms with van der Waals surface area (Å²) in [5.41, 5.74) is 0.940. The van der Waals surface area contributed by atoms with Crippen LogP contribution in [0.15, 0.2) is 27.6 Å². The van der Waals surface area contributed by atoms with E-state index in [2.05, 4.69) is 21.2 Å². The Bertz CT molecular complexity index is 577. The van der Waals surface area contributed by atoms with Gasteiger partial charge in [-0.1, -0.05) is 6.07 Å². The molecule has 2 rings (SSSR count). The van der Waals surface area contributed by atoms with Crippen molar-refractivity contribution in [2.75, 3.05) is 26.8 Å². The Kier molecular flexibility index (Phi) is 5.19. The van der Waals surface area contributed by atoms with Crippen molar-refractivity contribution < 1.29 is 13.2 Å².